The summed E-state index contributed by atoms with van der Waals surface area (Å²) in [4.78, 5) is 61.8. The number of halogens is 1. The first-order valence-corrected chi connectivity index (χ1v) is 18.6. The molecule has 3 fully saturated rings. The van der Waals surface area contributed by atoms with Gasteiger partial charge in [-0.25, -0.2) is 0 Å². The number of ether oxygens (including phenoxy) is 2. The van der Waals surface area contributed by atoms with Crippen molar-refractivity contribution in [3.8, 4) is 0 Å². The Morgan fingerprint density at radius 2 is 1.78 bits per heavy atom. The number of amides is 3. The molecule has 3 saturated heterocycles. The lowest BCUT2D eigenvalue weighted by molar-refractivity contribution is -0.165. The number of carbonyl (C=O) groups excluding carboxylic acids is 4. The molecule has 1 unspecified atom stereocenters. The molecule has 3 aliphatic rings. The summed E-state index contributed by atoms with van der Waals surface area (Å²) in [5.41, 5.74) is 1.82. The molecule has 0 radical (unpaired) electrons. The zero-order chi connectivity index (χ0) is 37.2. The number of likely N-dealkylation sites (N-methyl/N-ethyl adjacent to an activating group) is 1. The Kier molecular flexibility index (Phi) is 11.9. The van der Waals surface area contributed by atoms with Crippen LogP contribution in [-0.4, -0.2) is 93.5 Å². The largest absolute Gasteiger partial charge is 0.455 e. The zero-order valence-electron chi connectivity index (χ0n) is 30.2. The molecule has 1 N–H and O–H groups in total. The van der Waals surface area contributed by atoms with Gasteiger partial charge in [-0.3, -0.25) is 19.2 Å². The molecule has 3 heterocycles. The number of aliphatic hydroxyl groups excluding tert-OH is 1. The normalized spacial score (nSPS) is 26.6. The third-order valence-corrected chi connectivity index (χ3v) is 11.8. The molecule has 0 aromatic heterocycles. The maximum Gasteiger partial charge on any atom is 0.313 e. The standard InChI is InChI=1S/C40H50BrN3O7/c1-8-11-20-30(46)42(7)26(6)34(27-18-13-12-14-19-27)50-39(49)31-32-37(47)44(28(10-3)23-45)36(40(32)22-29(41)35(31)51-40)38(48)43(21-9-2)33-24(4)16-15-17-25(33)5/h8-9,12-19,26,28-29,31-32,34-36,45H,1-2,10-11,20-23H2,3-7H3/t26-,28+,29?,31-,32+,34+,35-,36-,40+/m1/s1. The molecular formula is C40H50BrN3O7. The fourth-order valence-corrected chi connectivity index (χ4v) is 9.29. The van der Waals surface area contributed by atoms with Crippen molar-refractivity contribution >= 4 is 45.3 Å². The minimum Gasteiger partial charge on any atom is -0.455 e. The van der Waals surface area contributed by atoms with Crippen molar-refractivity contribution in [3.63, 3.8) is 0 Å². The van der Waals surface area contributed by atoms with Crippen molar-refractivity contribution in [3.05, 3.63) is 90.5 Å². The van der Waals surface area contributed by atoms with E-state index in [1.54, 1.807) is 29.0 Å². The predicted molar refractivity (Wildman–Crippen MR) is 199 cm³/mol. The van der Waals surface area contributed by atoms with Crippen LogP contribution in [-0.2, 0) is 28.7 Å². The number of nitrogens with zero attached hydrogens (tertiary/aromatic N) is 3. The molecule has 2 aromatic carbocycles. The second kappa shape index (κ2) is 15.8. The molecule has 2 aromatic rings. The Hall–Kier alpha value is -3.80. The van der Waals surface area contributed by atoms with Gasteiger partial charge in [0.25, 0.3) is 5.91 Å². The molecule has 274 valence electrons. The van der Waals surface area contributed by atoms with Crippen LogP contribution in [0.2, 0.25) is 0 Å². The van der Waals surface area contributed by atoms with Gasteiger partial charge in [-0.15, -0.1) is 13.2 Å². The van der Waals surface area contributed by atoms with Gasteiger partial charge < -0.3 is 29.3 Å². The Balaban J connectivity index is 1.56. The molecule has 10 nitrogen and oxygen atoms in total. The second-order valence-electron chi connectivity index (χ2n) is 14.0. The third-order valence-electron chi connectivity index (χ3n) is 11.0. The van der Waals surface area contributed by atoms with E-state index >= 15 is 4.79 Å². The van der Waals surface area contributed by atoms with E-state index in [-0.39, 0.29) is 36.2 Å². The van der Waals surface area contributed by atoms with E-state index in [9.17, 15) is 19.5 Å². The summed E-state index contributed by atoms with van der Waals surface area (Å²) in [7, 11) is 1.68. The molecular weight excluding hydrogens is 714 g/mol. The molecule has 5 rings (SSSR count). The first-order valence-electron chi connectivity index (χ1n) is 17.7. The maximum atomic E-state index is 15.1. The van der Waals surface area contributed by atoms with Gasteiger partial charge in [-0.05, 0) is 56.7 Å². The molecule has 0 saturated carbocycles. The van der Waals surface area contributed by atoms with Crippen LogP contribution in [0.1, 0.15) is 62.3 Å². The number of aryl methyl sites for hydroxylation is 2. The van der Waals surface area contributed by atoms with Gasteiger partial charge in [-0.2, -0.15) is 0 Å². The van der Waals surface area contributed by atoms with Crippen molar-refractivity contribution < 1.29 is 33.8 Å². The highest BCUT2D eigenvalue weighted by atomic mass is 79.9. The van der Waals surface area contributed by atoms with E-state index in [1.165, 1.54) is 4.90 Å². The van der Waals surface area contributed by atoms with E-state index in [1.807, 2.05) is 76.2 Å². The van der Waals surface area contributed by atoms with Gasteiger partial charge in [-0.1, -0.05) is 83.5 Å². The van der Waals surface area contributed by atoms with Crippen molar-refractivity contribution in [2.75, 3.05) is 25.1 Å². The summed E-state index contributed by atoms with van der Waals surface area (Å²) in [6, 6.07) is 12.7. The lowest BCUT2D eigenvalue weighted by atomic mass is 9.70. The van der Waals surface area contributed by atoms with Crippen LogP contribution < -0.4 is 4.90 Å². The van der Waals surface area contributed by atoms with Crippen molar-refractivity contribution in [2.45, 2.75) is 94.1 Å². The number of anilines is 1. The fourth-order valence-electron chi connectivity index (χ4n) is 8.35. The Morgan fingerprint density at radius 3 is 2.37 bits per heavy atom. The Labute approximate surface area is 309 Å². The number of allylic oxidation sites excluding steroid dienone is 1. The van der Waals surface area contributed by atoms with Crippen molar-refractivity contribution in [1.29, 1.82) is 0 Å². The lowest BCUT2D eigenvalue weighted by Gasteiger charge is -2.39. The number of alkyl halides is 1. The molecule has 1 spiro atoms. The number of fused-ring (bicyclic) bond motifs is 1. The van der Waals surface area contributed by atoms with Crippen LogP contribution in [0, 0.1) is 25.7 Å². The highest BCUT2D eigenvalue weighted by molar-refractivity contribution is 9.09. The number of hydrogen-bond donors (Lipinski definition) is 1. The smallest absolute Gasteiger partial charge is 0.313 e. The first kappa shape index (κ1) is 38.4. The van der Waals surface area contributed by atoms with E-state index in [0.29, 0.717) is 24.8 Å². The molecule has 3 amide bonds. The van der Waals surface area contributed by atoms with Crippen molar-refractivity contribution in [2.24, 2.45) is 11.8 Å². The zero-order valence-corrected chi connectivity index (χ0v) is 31.8. The Morgan fingerprint density at radius 1 is 1.12 bits per heavy atom. The topological polar surface area (TPSA) is 117 Å². The third kappa shape index (κ3) is 6.80. The SMILES string of the molecule is C=CCCC(=O)N(C)[C@H](C)[C@H](OC(=O)[C@H]1[C@@H]2O[C@@]3(CC2Br)[C@@H]1C(=O)N([C@@H](CC)CO)[C@@H]3C(=O)N(CC=C)c1c(C)cccc1C)c1ccccc1. The van der Waals surface area contributed by atoms with E-state index in [0.717, 1.165) is 16.8 Å². The van der Waals surface area contributed by atoms with E-state index < -0.39 is 59.6 Å². The lowest BCUT2D eigenvalue weighted by Crippen LogP contribution is -2.59. The van der Waals surface area contributed by atoms with Gasteiger partial charge in [0.2, 0.25) is 11.8 Å². The molecule has 0 aliphatic carbocycles. The Bertz CT molecular complexity index is 1630. The van der Waals surface area contributed by atoms with E-state index in [2.05, 4.69) is 29.1 Å². The molecule has 9 atom stereocenters. The summed E-state index contributed by atoms with van der Waals surface area (Å²) in [6.07, 6.45) is 3.21. The van der Waals surface area contributed by atoms with Gasteiger partial charge in [0, 0.05) is 30.5 Å². The summed E-state index contributed by atoms with van der Waals surface area (Å²) in [5, 5.41) is 10.6. The van der Waals surface area contributed by atoms with Gasteiger partial charge in [0.15, 0.2) is 0 Å². The summed E-state index contributed by atoms with van der Waals surface area (Å²) in [5.74, 6) is -3.60. The monoisotopic (exact) mass is 763 g/mol. The van der Waals surface area contributed by atoms with Crippen LogP contribution in [0.15, 0.2) is 73.8 Å². The van der Waals surface area contributed by atoms with Crippen LogP contribution in [0.3, 0.4) is 0 Å². The first-order chi connectivity index (χ1) is 24.4. The van der Waals surface area contributed by atoms with Gasteiger partial charge in [0.05, 0.1) is 36.6 Å². The van der Waals surface area contributed by atoms with Gasteiger partial charge in [0.1, 0.15) is 17.7 Å². The average molecular weight is 765 g/mol. The molecule has 2 bridgehead atoms. The predicted octanol–water partition coefficient (Wildman–Crippen LogP) is 5.44. The number of likely N-dealkylation sites (tertiary alicyclic amines) is 1. The van der Waals surface area contributed by atoms with Crippen molar-refractivity contribution in [1.82, 2.24) is 9.80 Å². The highest BCUT2D eigenvalue weighted by Gasteiger charge is 2.77. The number of hydrogen-bond acceptors (Lipinski definition) is 7. The number of para-hydroxylation sites is 1. The number of carbonyl (C=O) groups is 4. The fraction of sp³-hybridized carbons (Fsp3) is 0.500. The maximum absolute atomic E-state index is 15.1. The van der Waals surface area contributed by atoms with Gasteiger partial charge >= 0.3 is 5.97 Å². The van der Waals surface area contributed by atoms with Crippen LogP contribution in [0.4, 0.5) is 5.69 Å². The minimum atomic E-state index is -1.36. The van der Waals surface area contributed by atoms with Crippen LogP contribution in [0.5, 0.6) is 0 Å². The number of esters is 1. The van der Waals surface area contributed by atoms with Crippen LogP contribution >= 0.6 is 15.9 Å². The quantitative estimate of drug-likeness (QED) is 0.146. The number of aliphatic hydroxyl groups is 1. The number of benzene rings is 2. The van der Waals surface area contributed by atoms with E-state index in [4.69, 9.17) is 9.47 Å². The highest BCUT2D eigenvalue weighted by Crippen LogP contribution is 2.61. The average Bonchev–Trinajstić information content (AvgIpc) is 3.72. The summed E-state index contributed by atoms with van der Waals surface area (Å²) < 4.78 is 13.1. The van der Waals surface area contributed by atoms with Crippen LogP contribution in [0.25, 0.3) is 0 Å². The second-order valence-corrected chi connectivity index (χ2v) is 15.1. The molecule has 51 heavy (non-hydrogen) atoms. The molecule has 3 aliphatic heterocycles. The molecule has 11 heteroatoms. The summed E-state index contributed by atoms with van der Waals surface area (Å²) in [6.45, 7) is 15.0. The summed E-state index contributed by atoms with van der Waals surface area (Å²) >= 11 is 3.75. The number of rotatable bonds is 15. The minimum absolute atomic E-state index is 0.118.